The maximum Gasteiger partial charge on any atom is 0.232 e. The Kier molecular flexibility index (Phi) is 3.37. The monoisotopic (exact) mass is 306 g/mol. The summed E-state index contributed by atoms with van der Waals surface area (Å²) in [5.41, 5.74) is 4.25. The van der Waals surface area contributed by atoms with Gasteiger partial charge < -0.3 is 10.6 Å². The minimum Gasteiger partial charge on any atom is -0.349 e. The molecule has 1 aliphatic carbocycles. The molecule has 2 atom stereocenters. The van der Waals surface area contributed by atoms with Gasteiger partial charge in [-0.05, 0) is 35.6 Å². The van der Waals surface area contributed by atoms with Crippen molar-refractivity contribution in [3.05, 3.63) is 65.2 Å². The van der Waals surface area contributed by atoms with E-state index in [9.17, 15) is 9.59 Å². The van der Waals surface area contributed by atoms with Crippen LogP contribution in [0.3, 0.4) is 0 Å². The minimum atomic E-state index is -0.386. The average Bonchev–Trinajstić information content (AvgIpc) is 3.10. The first-order valence-electron chi connectivity index (χ1n) is 7.99. The molecule has 4 nitrogen and oxygen atoms in total. The smallest absolute Gasteiger partial charge is 0.232 e. The van der Waals surface area contributed by atoms with Crippen molar-refractivity contribution in [3.63, 3.8) is 0 Å². The van der Waals surface area contributed by atoms with E-state index < -0.39 is 0 Å². The van der Waals surface area contributed by atoms with E-state index in [-0.39, 0.29) is 30.2 Å². The number of amides is 2. The SMILES string of the molecule is O=C(CC1C(=O)Nc2ccccc21)NC1CCc2ccccc21. The van der Waals surface area contributed by atoms with Crippen LogP contribution in [-0.4, -0.2) is 11.8 Å². The summed E-state index contributed by atoms with van der Waals surface area (Å²) >= 11 is 0. The minimum absolute atomic E-state index is 0.0662. The largest absolute Gasteiger partial charge is 0.349 e. The molecule has 0 spiro atoms. The molecule has 0 bridgehead atoms. The molecule has 2 unspecified atom stereocenters. The van der Waals surface area contributed by atoms with Crippen molar-refractivity contribution < 1.29 is 9.59 Å². The quantitative estimate of drug-likeness (QED) is 0.916. The number of para-hydroxylation sites is 1. The first kappa shape index (κ1) is 14.0. The van der Waals surface area contributed by atoms with Gasteiger partial charge in [-0.25, -0.2) is 0 Å². The third-order valence-electron chi connectivity index (χ3n) is 4.77. The highest BCUT2D eigenvalue weighted by molar-refractivity contribution is 6.04. The lowest BCUT2D eigenvalue weighted by Crippen LogP contribution is -2.29. The molecule has 0 saturated carbocycles. The van der Waals surface area contributed by atoms with Gasteiger partial charge in [-0.15, -0.1) is 0 Å². The van der Waals surface area contributed by atoms with Gasteiger partial charge in [-0.1, -0.05) is 42.5 Å². The summed E-state index contributed by atoms with van der Waals surface area (Å²) in [5.74, 6) is -0.542. The van der Waals surface area contributed by atoms with Gasteiger partial charge >= 0.3 is 0 Å². The van der Waals surface area contributed by atoms with Crippen LogP contribution in [-0.2, 0) is 16.0 Å². The number of rotatable bonds is 3. The number of aryl methyl sites for hydroxylation is 1. The van der Waals surface area contributed by atoms with Gasteiger partial charge in [0.1, 0.15) is 0 Å². The standard InChI is InChI=1S/C19H18N2O2/c22-18(20-17-10-9-12-5-1-2-6-13(12)17)11-15-14-7-3-4-8-16(14)21-19(15)23/h1-8,15,17H,9-11H2,(H,20,22)(H,21,23). The summed E-state index contributed by atoms with van der Waals surface area (Å²) in [6.07, 6.45) is 2.12. The van der Waals surface area contributed by atoms with E-state index >= 15 is 0 Å². The molecule has 4 rings (SSSR count). The number of carbonyl (C=O) groups is 2. The number of anilines is 1. The van der Waals surface area contributed by atoms with Crippen molar-refractivity contribution >= 4 is 17.5 Å². The number of benzene rings is 2. The van der Waals surface area contributed by atoms with E-state index in [1.807, 2.05) is 36.4 Å². The third kappa shape index (κ3) is 2.50. The van der Waals surface area contributed by atoms with Crippen LogP contribution in [0.25, 0.3) is 0 Å². The van der Waals surface area contributed by atoms with Crippen molar-refractivity contribution in [2.75, 3.05) is 5.32 Å². The summed E-state index contributed by atoms with van der Waals surface area (Å²) < 4.78 is 0. The van der Waals surface area contributed by atoms with E-state index in [2.05, 4.69) is 22.8 Å². The Balaban J connectivity index is 1.46. The number of hydrogen-bond donors (Lipinski definition) is 2. The lowest BCUT2D eigenvalue weighted by molar-refractivity contribution is -0.125. The maximum atomic E-state index is 12.4. The highest BCUT2D eigenvalue weighted by Gasteiger charge is 2.33. The summed E-state index contributed by atoms with van der Waals surface area (Å²) in [6, 6.07) is 15.9. The maximum absolute atomic E-state index is 12.4. The zero-order valence-electron chi connectivity index (χ0n) is 12.7. The summed E-state index contributed by atoms with van der Waals surface area (Å²) in [6.45, 7) is 0. The summed E-state index contributed by atoms with van der Waals surface area (Å²) in [5, 5.41) is 5.94. The van der Waals surface area contributed by atoms with E-state index in [1.54, 1.807) is 0 Å². The topological polar surface area (TPSA) is 58.2 Å². The zero-order valence-corrected chi connectivity index (χ0v) is 12.7. The lowest BCUT2D eigenvalue weighted by Gasteiger charge is -2.16. The molecule has 0 aromatic heterocycles. The Morgan fingerprint density at radius 3 is 2.70 bits per heavy atom. The van der Waals surface area contributed by atoms with Gasteiger partial charge in [0.15, 0.2) is 0 Å². The van der Waals surface area contributed by atoms with Gasteiger partial charge in [0.25, 0.3) is 0 Å². The van der Waals surface area contributed by atoms with Crippen LogP contribution >= 0.6 is 0 Å². The molecule has 2 amide bonds. The number of nitrogens with one attached hydrogen (secondary N) is 2. The Labute approximate surface area is 134 Å². The molecule has 2 aliphatic rings. The fourth-order valence-electron chi connectivity index (χ4n) is 3.62. The van der Waals surface area contributed by atoms with Crippen LogP contribution in [0.1, 0.15) is 41.5 Å². The Morgan fingerprint density at radius 2 is 1.83 bits per heavy atom. The summed E-state index contributed by atoms with van der Waals surface area (Å²) in [7, 11) is 0. The highest BCUT2D eigenvalue weighted by Crippen LogP contribution is 2.35. The van der Waals surface area contributed by atoms with E-state index in [4.69, 9.17) is 0 Å². The van der Waals surface area contributed by atoms with Crippen molar-refractivity contribution in [1.82, 2.24) is 5.32 Å². The first-order valence-corrected chi connectivity index (χ1v) is 7.99. The van der Waals surface area contributed by atoms with Crippen LogP contribution in [0.5, 0.6) is 0 Å². The summed E-state index contributed by atoms with van der Waals surface area (Å²) in [4.78, 5) is 24.5. The van der Waals surface area contributed by atoms with Gasteiger partial charge in [-0.2, -0.15) is 0 Å². The van der Waals surface area contributed by atoms with Gasteiger partial charge in [-0.3, -0.25) is 9.59 Å². The van der Waals surface area contributed by atoms with Crippen LogP contribution in [0.4, 0.5) is 5.69 Å². The molecular weight excluding hydrogens is 288 g/mol. The van der Waals surface area contributed by atoms with Gasteiger partial charge in [0.05, 0.1) is 12.0 Å². The molecule has 116 valence electrons. The van der Waals surface area contributed by atoms with Gasteiger partial charge in [0, 0.05) is 12.1 Å². The number of hydrogen-bond acceptors (Lipinski definition) is 2. The Bertz CT molecular complexity index is 784. The molecule has 2 aromatic carbocycles. The van der Waals surface area contributed by atoms with Gasteiger partial charge in [0.2, 0.25) is 11.8 Å². The van der Waals surface area contributed by atoms with Crippen molar-refractivity contribution in [2.45, 2.75) is 31.2 Å². The van der Waals surface area contributed by atoms with E-state index in [0.29, 0.717) is 0 Å². The van der Waals surface area contributed by atoms with Crippen LogP contribution in [0, 0.1) is 0 Å². The molecule has 0 fully saturated rings. The molecule has 0 radical (unpaired) electrons. The van der Waals surface area contributed by atoms with Crippen LogP contribution in [0.15, 0.2) is 48.5 Å². The fraction of sp³-hybridized carbons (Fsp3) is 0.263. The molecule has 2 N–H and O–H groups in total. The number of carbonyl (C=O) groups excluding carboxylic acids is 2. The molecule has 2 aromatic rings. The zero-order chi connectivity index (χ0) is 15.8. The number of fused-ring (bicyclic) bond motifs is 2. The molecule has 23 heavy (non-hydrogen) atoms. The van der Waals surface area contributed by atoms with Crippen LogP contribution < -0.4 is 10.6 Å². The van der Waals surface area contributed by atoms with Crippen molar-refractivity contribution in [1.29, 1.82) is 0 Å². The Hall–Kier alpha value is -2.62. The van der Waals surface area contributed by atoms with Crippen molar-refractivity contribution in [2.24, 2.45) is 0 Å². The molecule has 1 aliphatic heterocycles. The molecular formula is C19H18N2O2. The second-order valence-electron chi connectivity index (χ2n) is 6.19. The Morgan fingerprint density at radius 1 is 1.09 bits per heavy atom. The molecule has 1 heterocycles. The first-order chi connectivity index (χ1) is 11.2. The predicted octanol–water partition coefficient (Wildman–Crippen LogP) is 2.92. The second-order valence-corrected chi connectivity index (χ2v) is 6.19. The van der Waals surface area contributed by atoms with Crippen molar-refractivity contribution in [3.8, 4) is 0 Å². The van der Waals surface area contributed by atoms with E-state index in [0.717, 1.165) is 24.1 Å². The second kappa shape index (κ2) is 5.54. The molecule has 0 saturated heterocycles. The van der Waals surface area contributed by atoms with E-state index in [1.165, 1.54) is 11.1 Å². The fourth-order valence-corrected chi connectivity index (χ4v) is 3.62. The molecule has 4 heteroatoms. The van der Waals surface area contributed by atoms with Crippen LogP contribution in [0.2, 0.25) is 0 Å². The third-order valence-corrected chi connectivity index (χ3v) is 4.77. The normalized spacial score (nSPS) is 21.5. The lowest BCUT2D eigenvalue weighted by atomic mass is 9.96. The predicted molar refractivity (Wildman–Crippen MR) is 88.1 cm³/mol. The average molecular weight is 306 g/mol. The highest BCUT2D eigenvalue weighted by atomic mass is 16.2.